The number of aliphatic hydroxyl groups is 1. The lowest BCUT2D eigenvalue weighted by atomic mass is 9.86. The van der Waals surface area contributed by atoms with Gasteiger partial charge in [0, 0.05) is 18.7 Å². The summed E-state index contributed by atoms with van der Waals surface area (Å²) < 4.78 is 26.2. The van der Waals surface area contributed by atoms with E-state index < -0.39 is 23.8 Å². The van der Waals surface area contributed by atoms with Gasteiger partial charge in [0.15, 0.2) is 5.82 Å². The molecule has 1 aliphatic carbocycles. The van der Waals surface area contributed by atoms with Gasteiger partial charge in [-0.25, -0.2) is 9.37 Å². The molecule has 1 amide bonds. The van der Waals surface area contributed by atoms with Crippen LogP contribution in [0.2, 0.25) is 0 Å². The highest BCUT2D eigenvalue weighted by molar-refractivity contribution is 5.94. The summed E-state index contributed by atoms with van der Waals surface area (Å²) in [6.45, 7) is 0.267. The third kappa shape index (κ3) is 3.26. The first-order valence-electron chi connectivity index (χ1n) is 6.36. The number of pyridine rings is 1. The van der Waals surface area contributed by atoms with Gasteiger partial charge in [0.1, 0.15) is 0 Å². The number of amides is 1. The Morgan fingerprint density at radius 3 is 2.89 bits per heavy atom. The molecule has 1 aromatic rings. The molecule has 6 heteroatoms. The van der Waals surface area contributed by atoms with Crippen molar-refractivity contribution in [2.75, 3.05) is 6.54 Å². The Morgan fingerprint density at radius 2 is 2.16 bits per heavy atom. The van der Waals surface area contributed by atoms with Gasteiger partial charge in [-0.3, -0.25) is 4.79 Å². The number of hydrogen-bond acceptors (Lipinski definition) is 3. The SMILES string of the molecule is O=C(NCC1CCCCC1O)c1ccnc(F)c1F. The summed E-state index contributed by atoms with van der Waals surface area (Å²) in [5.74, 6) is -3.24. The smallest absolute Gasteiger partial charge is 0.254 e. The minimum Gasteiger partial charge on any atom is -0.393 e. The fourth-order valence-corrected chi connectivity index (χ4v) is 2.34. The predicted octanol–water partition coefficient (Wildman–Crippen LogP) is 1.64. The first-order valence-corrected chi connectivity index (χ1v) is 6.36. The lowest BCUT2D eigenvalue weighted by Gasteiger charge is -2.27. The molecule has 2 N–H and O–H groups in total. The Bertz CT molecular complexity index is 468. The molecule has 0 saturated heterocycles. The molecule has 0 bridgehead atoms. The standard InChI is InChI=1S/C13H16F2N2O2/c14-11-9(5-6-16-12(11)15)13(19)17-7-8-3-1-2-4-10(8)18/h5-6,8,10,18H,1-4,7H2,(H,17,19). The molecule has 1 heterocycles. The third-order valence-corrected chi connectivity index (χ3v) is 3.49. The van der Waals surface area contributed by atoms with Crippen LogP contribution in [-0.4, -0.2) is 28.6 Å². The monoisotopic (exact) mass is 270 g/mol. The molecule has 1 aromatic heterocycles. The molecule has 0 aromatic carbocycles. The van der Waals surface area contributed by atoms with Crippen LogP contribution in [0.15, 0.2) is 12.3 Å². The second kappa shape index (κ2) is 6.06. The quantitative estimate of drug-likeness (QED) is 0.821. The topological polar surface area (TPSA) is 62.2 Å². The summed E-state index contributed by atoms with van der Waals surface area (Å²) in [5.41, 5.74) is -0.363. The predicted molar refractivity (Wildman–Crippen MR) is 64.5 cm³/mol. The average molecular weight is 270 g/mol. The minimum atomic E-state index is -1.29. The molecule has 0 radical (unpaired) electrons. The van der Waals surface area contributed by atoms with E-state index in [4.69, 9.17) is 0 Å². The van der Waals surface area contributed by atoms with Gasteiger partial charge in [0.2, 0.25) is 5.95 Å². The van der Waals surface area contributed by atoms with Crippen molar-refractivity contribution in [1.29, 1.82) is 0 Å². The summed E-state index contributed by atoms with van der Waals surface area (Å²) >= 11 is 0. The van der Waals surface area contributed by atoms with Crippen LogP contribution < -0.4 is 5.32 Å². The summed E-state index contributed by atoms with van der Waals surface area (Å²) in [6, 6.07) is 1.13. The number of carbonyl (C=O) groups is 1. The van der Waals surface area contributed by atoms with Gasteiger partial charge >= 0.3 is 0 Å². The van der Waals surface area contributed by atoms with Crippen LogP contribution in [0.3, 0.4) is 0 Å². The van der Waals surface area contributed by atoms with E-state index in [2.05, 4.69) is 10.3 Å². The van der Waals surface area contributed by atoms with Crippen molar-refractivity contribution in [2.45, 2.75) is 31.8 Å². The average Bonchev–Trinajstić information content (AvgIpc) is 2.40. The lowest BCUT2D eigenvalue weighted by Crippen LogP contribution is -2.37. The van der Waals surface area contributed by atoms with E-state index >= 15 is 0 Å². The van der Waals surface area contributed by atoms with Crippen molar-refractivity contribution in [2.24, 2.45) is 5.92 Å². The van der Waals surface area contributed by atoms with Gasteiger partial charge in [0.25, 0.3) is 5.91 Å². The van der Waals surface area contributed by atoms with E-state index in [1.54, 1.807) is 0 Å². The fraction of sp³-hybridized carbons (Fsp3) is 0.538. The summed E-state index contributed by atoms with van der Waals surface area (Å²) in [4.78, 5) is 14.9. The van der Waals surface area contributed by atoms with E-state index in [1.807, 2.05) is 0 Å². The number of halogens is 2. The largest absolute Gasteiger partial charge is 0.393 e. The molecule has 19 heavy (non-hydrogen) atoms. The highest BCUT2D eigenvalue weighted by Crippen LogP contribution is 2.23. The number of aliphatic hydroxyl groups excluding tert-OH is 1. The van der Waals surface area contributed by atoms with Gasteiger partial charge < -0.3 is 10.4 Å². The van der Waals surface area contributed by atoms with E-state index in [0.29, 0.717) is 0 Å². The molecule has 1 fully saturated rings. The Balaban J connectivity index is 1.95. The number of nitrogens with zero attached hydrogens (tertiary/aromatic N) is 1. The molecular weight excluding hydrogens is 254 g/mol. The molecule has 4 nitrogen and oxygen atoms in total. The number of nitrogens with one attached hydrogen (secondary N) is 1. The Hall–Kier alpha value is -1.56. The first-order chi connectivity index (χ1) is 9.09. The maximum absolute atomic E-state index is 13.3. The van der Waals surface area contributed by atoms with Crippen molar-refractivity contribution in [1.82, 2.24) is 10.3 Å². The molecule has 0 spiro atoms. The maximum atomic E-state index is 13.3. The number of rotatable bonds is 3. The molecule has 1 saturated carbocycles. The molecule has 104 valence electrons. The molecular formula is C13H16F2N2O2. The van der Waals surface area contributed by atoms with Gasteiger partial charge in [-0.15, -0.1) is 0 Å². The van der Waals surface area contributed by atoms with Crippen molar-refractivity contribution in [3.05, 3.63) is 29.6 Å². The van der Waals surface area contributed by atoms with Crippen LogP contribution in [0.4, 0.5) is 8.78 Å². The Morgan fingerprint density at radius 1 is 1.42 bits per heavy atom. The maximum Gasteiger partial charge on any atom is 0.254 e. The van der Waals surface area contributed by atoms with E-state index in [-0.39, 0.29) is 18.0 Å². The van der Waals surface area contributed by atoms with Gasteiger partial charge in [-0.2, -0.15) is 4.39 Å². The molecule has 2 atom stereocenters. The van der Waals surface area contributed by atoms with Crippen LogP contribution in [0.5, 0.6) is 0 Å². The normalized spacial score (nSPS) is 23.1. The van der Waals surface area contributed by atoms with Crippen molar-refractivity contribution in [3.8, 4) is 0 Å². The van der Waals surface area contributed by atoms with E-state index in [9.17, 15) is 18.7 Å². The molecule has 0 aliphatic heterocycles. The van der Waals surface area contributed by atoms with E-state index in [0.717, 1.165) is 37.9 Å². The summed E-state index contributed by atoms with van der Waals surface area (Å²) in [7, 11) is 0. The number of carbonyl (C=O) groups excluding carboxylic acids is 1. The van der Waals surface area contributed by atoms with E-state index in [1.165, 1.54) is 0 Å². The fourth-order valence-electron chi connectivity index (χ4n) is 2.34. The summed E-state index contributed by atoms with van der Waals surface area (Å²) in [6.07, 6.45) is 4.15. The zero-order valence-electron chi connectivity index (χ0n) is 10.4. The number of hydrogen-bond donors (Lipinski definition) is 2. The zero-order valence-corrected chi connectivity index (χ0v) is 10.4. The zero-order chi connectivity index (χ0) is 13.8. The van der Waals surface area contributed by atoms with Gasteiger partial charge in [0.05, 0.1) is 11.7 Å². The second-order valence-electron chi connectivity index (χ2n) is 4.79. The highest BCUT2D eigenvalue weighted by Gasteiger charge is 2.24. The van der Waals surface area contributed by atoms with Gasteiger partial charge in [-0.05, 0) is 18.9 Å². The van der Waals surface area contributed by atoms with Crippen LogP contribution in [0.1, 0.15) is 36.0 Å². The molecule has 2 unspecified atom stereocenters. The van der Waals surface area contributed by atoms with Crippen LogP contribution in [0.25, 0.3) is 0 Å². The van der Waals surface area contributed by atoms with Crippen molar-refractivity contribution < 1.29 is 18.7 Å². The van der Waals surface area contributed by atoms with Gasteiger partial charge in [-0.1, -0.05) is 12.8 Å². The highest BCUT2D eigenvalue weighted by atomic mass is 19.2. The van der Waals surface area contributed by atoms with Crippen molar-refractivity contribution >= 4 is 5.91 Å². The first kappa shape index (κ1) is 13.9. The Kier molecular flexibility index (Phi) is 4.42. The second-order valence-corrected chi connectivity index (χ2v) is 4.79. The van der Waals surface area contributed by atoms with Crippen LogP contribution in [0, 0.1) is 17.7 Å². The molecule has 2 rings (SSSR count). The summed E-state index contributed by atoms with van der Waals surface area (Å²) in [5, 5.41) is 12.3. The van der Waals surface area contributed by atoms with Crippen LogP contribution >= 0.6 is 0 Å². The van der Waals surface area contributed by atoms with Crippen molar-refractivity contribution in [3.63, 3.8) is 0 Å². The lowest BCUT2D eigenvalue weighted by molar-refractivity contribution is 0.0661. The minimum absolute atomic E-state index is 0.0209. The molecule has 1 aliphatic rings. The number of aromatic nitrogens is 1. The Labute approximate surface area is 109 Å². The third-order valence-electron chi connectivity index (χ3n) is 3.49. The van der Waals surface area contributed by atoms with Crippen LogP contribution in [-0.2, 0) is 0 Å².